The van der Waals surface area contributed by atoms with E-state index in [4.69, 9.17) is 0 Å². The van der Waals surface area contributed by atoms with Gasteiger partial charge in [-0.1, -0.05) is 0 Å². The molecule has 0 spiro atoms. The number of carboxylic acids is 1. The molecule has 8 nitrogen and oxygen atoms in total. The van der Waals surface area contributed by atoms with Crippen LogP contribution in [0.25, 0.3) is 0 Å². The van der Waals surface area contributed by atoms with Gasteiger partial charge in [-0.3, -0.25) is 0 Å². The maximum Gasteiger partial charge on any atom is 0.326 e. The zero-order valence-electron chi connectivity index (χ0n) is 11.8. The lowest BCUT2D eigenvalue weighted by Gasteiger charge is -2.21. The Labute approximate surface area is 122 Å². The predicted molar refractivity (Wildman–Crippen MR) is 73.6 cm³/mol. The number of hydrogen-bond acceptors (Lipinski definition) is 4. The highest BCUT2D eigenvalue weighted by Gasteiger charge is 2.31. The molecule has 2 heterocycles. The topological polar surface area (TPSA) is 119 Å². The van der Waals surface area contributed by atoms with Crippen LogP contribution < -0.4 is 5.32 Å². The van der Waals surface area contributed by atoms with Crippen molar-refractivity contribution in [2.45, 2.75) is 31.9 Å². The fourth-order valence-corrected chi connectivity index (χ4v) is 2.42. The van der Waals surface area contributed by atoms with Crippen molar-refractivity contribution >= 4 is 12.0 Å². The third kappa shape index (κ3) is 3.94. The zero-order chi connectivity index (χ0) is 15.4. The SMILES string of the molecule is CC(O)C1CCN(C(=O)N[C@H](Cc2cnc[nH]2)C(=O)O)C1. The van der Waals surface area contributed by atoms with E-state index in [1.807, 2.05) is 0 Å². The van der Waals surface area contributed by atoms with Crippen molar-refractivity contribution in [3.63, 3.8) is 0 Å². The number of hydrogen-bond donors (Lipinski definition) is 4. The minimum absolute atomic E-state index is 0.0478. The molecule has 1 aliphatic heterocycles. The summed E-state index contributed by atoms with van der Waals surface area (Å²) in [6, 6.07) is -1.42. The number of imidazole rings is 1. The summed E-state index contributed by atoms with van der Waals surface area (Å²) < 4.78 is 0. The summed E-state index contributed by atoms with van der Waals surface area (Å²) in [6.07, 6.45) is 3.40. The normalized spacial score (nSPS) is 21.0. The molecule has 0 aromatic carbocycles. The Balaban J connectivity index is 1.91. The van der Waals surface area contributed by atoms with Crippen molar-refractivity contribution < 1.29 is 19.8 Å². The largest absolute Gasteiger partial charge is 0.480 e. The van der Waals surface area contributed by atoms with Crippen molar-refractivity contribution in [2.75, 3.05) is 13.1 Å². The lowest BCUT2D eigenvalue weighted by molar-refractivity contribution is -0.139. The summed E-state index contributed by atoms with van der Waals surface area (Å²) in [7, 11) is 0. The van der Waals surface area contributed by atoms with Gasteiger partial charge in [0.1, 0.15) is 6.04 Å². The molecule has 116 valence electrons. The second-order valence-corrected chi connectivity index (χ2v) is 5.36. The fraction of sp³-hybridized carbons (Fsp3) is 0.615. The van der Waals surface area contributed by atoms with Crippen LogP contribution in [0.1, 0.15) is 19.0 Å². The first-order chi connectivity index (χ1) is 9.97. The molecule has 8 heteroatoms. The Kier molecular flexibility index (Phi) is 4.79. The minimum Gasteiger partial charge on any atom is -0.480 e. The van der Waals surface area contributed by atoms with E-state index in [0.717, 1.165) is 6.42 Å². The first-order valence-electron chi connectivity index (χ1n) is 6.91. The number of urea groups is 1. The van der Waals surface area contributed by atoms with Crippen LogP contribution in [-0.4, -0.2) is 62.3 Å². The lowest BCUT2D eigenvalue weighted by Crippen LogP contribution is -2.48. The Morgan fingerprint density at radius 1 is 1.62 bits per heavy atom. The third-order valence-corrected chi connectivity index (χ3v) is 3.77. The van der Waals surface area contributed by atoms with E-state index in [1.165, 1.54) is 12.5 Å². The van der Waals surface area contributed by atoms with Gasteiger partial charge in [0.15, 0.2) is 0 Å². The number of nitrogens with zero attached hydrogens (tertiary/aromatic N) is 2. The van der Waals surface area contributed by atoms with Crippen molar-refractivity contribution in [2.24, 2.45) is 5.92 Å². The number of aliphatic hydroxyl groups is 1. The second kappa shape index (κ2) is 6.57. The Hall–Kier alpha value is -2.09. The van der Waals surface area contributed by atoms with Crippen molar-refractivity contribution in [3.05, 3.63) is 18.2 Å². The Morgan fingerprint density at radius 3 is 2.90 bits per heavy atom. The first kappa shape index (κ1) is 15.3. The van der Waals surface area contributed by atoms with Gasteiger partial charge in [0, 0.05) is 37.3 Å². The fourth-order valence-electron chi connectivity index (χ4n) is 2.42. The molecule has 21 heavy (non-hydrogen) atoms. The average Bonchev–Trinajstić information content (AvgIpc) is 3.08. The summed E-state index contributed by atoms with van der Waals surface area (Å²) in [5.41, 5.74) is 0.644. The number of aliphatic carboxylic acids is 1. The molecule has 1 aliphatic rings. The molecular formula is C13H20N4O4. The summed E-state index contributed by atoms with van der Waals surface area (Å²) in [5.74, 6) is -1.05. The number of nitrogens with one attached hydrogen (secondary N) is 2. The van der Waals surface area contributed by atoms with E-state index in [9.17, 15) is 19.8 Å². The number of amides is 2. The van der Waals surface area contributed by atoms with Crippen LogP contribution in [0.3, 0.4) is 0 Å². The number of rotatable bonds is 5. The molecule has 0 aliphatic carbocycles. The van der Waals surface area contributed by atoms with Gasteiger partial charge in [-0.05, 0) is 13.3 Å². The summed E-state index contributed by atoms with van der Waals surface area (Å²) >= 11 is 0. The van der Waals surface area contributed by atoms with E-state index >= 15 is 0 Å². The van der Waals surface area contributed by atoms with Gasteiger partial charge in [0.25, 0.3) is 0 Å². The molecule has 4 N–H and O–H groups in total. The molecule has 2 rings (SSSR count). The molecule has 1 aromatic heterocycles. The number of carboxylic acid groups (broad SMARTS) is 1. The molecule has 0 radical (unpaired) electrons. The van der Waals surface area contributed by atoms with E-state index in [-0.39, 0.29) is 12.3 Å². The van der Waals surface area contributed by atoms with Gasteiger partial charge >= 0.3 is 12.0 Å². The Bertz CT molecular complexity index is 488. The molecule has 1 fully saturated rings. The number of carbonyl (C=O) groups is 2. The molecule has 0 saturated carbocycles. The van der Waals surface area contributed by atoms with Crippen LogP contribution in [0.5, 0.6) is 0 Å². The summed E-state index contributed by atoms with van der Waals surface area (Å²) in [5, 5.41) is 21.2. The maximum atomic E-state index is 12.1. The van der Waals surface area contributed by atoms with Crippen molar-refractivity contribution in [1.82, 2.24) is 20.2 Å². The molecule has 2 unspecified atom stereocenters. The van der Waals surface area contributed by atoms with Gasteiger partial charge in [-0.15, -0.1) is 0 Å². The highest BCUT2D eigenvalue weighted by atomic mass is 16.4. The number of aromatic nitrogens is 2. The van der Waals surface area contributed by atoms with Crippen LogP contribution in [-0.2, 0) is 11.2 Å². The maximum absolute atomic E-state index is 12.1. The highest BCUT2D eigenvalue weighted by Crippen LogP contribution is 2.19. The van der Waals surface area contributed by atoms with Crippen molar-refractivity contribution in [1.29, 1.82) is 0 Å². The molecule has 0 bridgehead atoms. The van der Waals surface area contributed by atoms with Crippen LogP contribution in [0.15, 0.2) is 12.5 Å². The Morgan fingerprint density at radius 2 is 2.38 bits per heavy atom. The van der Waals surface area contributed by atoms with Gasteiger partial charge in [-0.2, -0.15) is 0 Å². The molecule has 1 saturated heterocycles. The number of aliphatic hydroxyl groups excluding tert-OH is 1. The van der Waals surface area contributed by atoms with E-state index < -0.39 is 24.1 Å². The van der Waals surface area contributed by atoms with Gasteiger partial charge in [-0.25, -0.2) is 14.6 Å². The lowest BCUT2D eigenvalue weighted by atomic mass is 10.0. The van der Waals surface area contributed by atoms with Crippen LogP contribution >= 0.6 is 0 Å². The quantitative estimate of drug-likeness (QED) is 0.601. The van der Waals surface area contributed by atoms with E-state index in [1.54, 1.807) is 11.8 Å². The van der Waals surface area contributed by atoms with Gasteiger partial charge in [0.05, 0.1) is 12.4 Å². The van der Waals surface area contributed by atoms with Crippen LogP contribution in [0, 0.1) is 5.92 Å². The smallest absolute Gasteiger partial charge is 0.326 e. The second-order valence-electron chi connectivity index (χ2n) is 5.36. The average molecular weight is 296 g/mol. The van der Waals surface area contributed by atoms with Crippen molar-refractivity contribution in [3.8, 4) is 0 Å². The molecule has 3 atom stereocenters. The summed E-state index contributed by atoms with van der Waals surface area (Å²) in [4.78, 5) is 31.5. The van der Waals surface area contributed by atoms with E-state index in [0.29, 0.717) is 18.8 Å². The van der Waals surface area contributed by atoms with Crippen LogP contribution in [0.4, 0.5) is 4.79 Å². The highest BCUT2D eigenvalue weighted by molar-refractivity contribution is 5.82. The number of H-pyrrole nitrogens is 1. The molecule has 2 amide bonds. The molecular weight excluding hydrogens is 276 g/mol. The molecule has 1 aromatic rings. The first-order valence-corrected chi connectivity index (χ1v) is 6.91. The number of aromatic amines is 1. The predicted octanol–water partition coefficient (Wildman–Crippen LogP) is -0.182. The standard InChI is InChI=1S/C13H20N4O4/c1-8(18)9-2-3-17(6-9)13(21)16-11(12(19)20)4-10-5-14-7-15-10/h5,7-9,11,18H,2-4,6H2,1H3,(H,14,15)(H,16,21)(H,19,20)/t8?,9?,11-/m1/s1. The van der Waals surface area contributed by atoms with E-state index in [2.05, 4.69) is 15.3 Å². The van der Waals surface area contributed by atoms with Gasteiger partial charge in [0.2, 0.25) is 0 Å². The monoisotopic (exact) mass is 296 g/mol. The van der Waals surface area contributed by atoms with Crippen LogP contribution in [0.2, 0.25) is 0 Å². The zero-order valence-corrected chi connectivity index (χ0v) is 11.8. The number of carbonyl (C=O) groups excluding carboxylic acids is 1. The third-order valence-electron chi connectivity index (χ3n) is 3.77. The van der Waals surface area contributed by atoms with Gasteiger partial charge < -0.3 is 25.4 Å². The summed E-state index contributed by atoms with van der Waals surface area (Å²) in [6.45, 7) is 2.67. The minimum atomic E-state index is -1.09. The number of likely N-dealkylation sites (tertiary alicyclic amines) is 1.